The van der Waals surface area contributed by atoms with E-state index in [1.54, 1.807) is 20.8 Å². The number of nitrogens with one attached hydrogen (secondary N) is 1. The van der Waals surface area contributed by atoms with Crippen LogP contribution in [0.1, 0.15) is 26.3 Å². The molecular weight excluding hydrogens is 247 g/mol. The van der Waals surface area contributed by atoms with E-state index < -0.39 is 17.5 Å². The Balaban J connectivity index is 2.47. The molecule has 0 fully saturated rings. The molecule has 0 heterocycles. The zero-order valence-corrected chi connectivity index (χ0v) is 11.2. The van der Waals surface area contributed by atoms with Crippen LogP contribution in [-0.4, -0.2) is 18.2 Å². The molecule has 19 heavy (non-hydrogen) atoms. The normalized spacial score (nSPS) is 10.3. The van der Waals surface area contributed by atoms with E-state index in [2.05, 4.69) is 17.2 Å². The number of hydrogen-bond acceptors (Lipinski definition) is 3. The van der Waals surface area contributed by atoms with Gasteiger partial charge in [-0.2, -0.15) is 0 Å². The molecule has 1 aromatic carbocycles. The van der Waals surface area contributed by atoms with Crippen LogP contribution >= 0.6 is 0 Å². The van der Waals surface area contributed by atoms with Crippen molar-refractivity contribution in [2.24, 2.45) is 0 Å². The van der Waals surface area contributed by atoms with E-state index in [1.807, 2.05) is 0 Å². The molecule has 1 amide bonds. The molecule has 0 unspecified atom stereocenters. The summed E-state index contributed by atoms with van der Waals surface area (Å²) >= 11 is 0. The van der Waals surface area contributed by atoms with Crippen LogP contribution in [0.4, 0.5) is 14.9 Å². The maximum Gasteiger partial charge on any atom is 0.408 e. The molecule has 0 spiro atoms. The molecule has 0 aliphatic carbocycles. The number of anilines is 1. The van der Waals surface area contributed by atoms with Crippen molar-refractivity contribution in [3.63, 3.8) is 0 Å². The number of nitrogen functional groups attached to an aromatic ring is 1. The van der Waals surface area contributed by atoms with Crippen molar-refractivity contribution in [2.45, 2.75) is 26.4 Å². The van der Waals surface area contributed by atoms with Gasteiger partial charge in [0.2, 0.25) is 0 Å². The topological polar surface area (TPSA) is 64.3 Å². The first-order valence-electron chi connectivity index (χ1n) is 5.79. The number of amides is 1. The minimum absolute atomic E-state index is 0.0481. The molecular formula is C14H17FN2O2. The quantitative estimate of drug-likeness (QED) is 0.604. The average Bonchev–Trinajstić information content (AvgIpc) is 2.27. The van der Waals surface area contributed by atoms with Crippen molar-refractivity contribution >= 4 is 11.8 Å². The highest BCUT2D eigenvalue weighted by Crippen LogP contribution is 2.11. The van der Waals surface area contributed by atoms with E-state index in [0.29, 0.717) is 5.56 Å². The number of nitrogens with two attached hydrogens (primary N) is 1. The number of carbonyl (C=O) groups excluding carboxylic acids is 1. The highest BCUT2D eigenvalue weighted by atomic mass is 19.1. The van der Waals surface area contributed by atoms with Crippen molar-refractivity contribution in [2.75, 3.05) is 12.3 Å². The van der Waals surface area contributed by atoms with Crippen LogP contribution < -0.4 is 11.1 Å². The summed E-state index contributed by atoms with van der Waals surface area (Å²) in [6.07, 6.45) is -0.527. The summed E-state index contributed by atoms with van der Waals surface area (Å²) in [5.41, 5.74) is 5.51. The van der Waals surface area contributed by atoms with Crippen LogP contribution in [0.25, 0.3) is 0 Å². The van der Waals surface area contributed by atoms with Gasteiger partial charge in [-0.15, -0.1) is 0 Å². The van der Waals surface area contributed by atoms with Crippen molar-refractivity contribution < 1.29 is 13.9 Å². The van der Waals surface area contributed by atoms with Gasteiger partial charge in [0.25, 0.3) is 0 Å². The van der Waals surface area contributed by atoms with Gasteiger partial charge in [-0.05, 0) is 39.0 Å². The fourth-order valence-electron chi connectivity index (χ4n) is 1.20. The zero-order valence-electron chi connectivity index (χ0n) is 11.2. The average molecular weight is 264 g/mol. The lowest BCUT2D eigenvalue weighted by molar-refractivity contribution is 0.0535. The maximum atomic E-state index is 12.9. The van der Waals surface area contributed by atoms with Crippen molar-refractivity contribution in [1.82, 2.24) is 5.32 Å². The van der Waals surface area contributed by atoms with E-state index >= 15 is 0 Å². The maximum absolute atomic E-state index is 12.9. The van der Waals surface area contributed by atoms with E-state index in [0.717, 1.165) is 0 Å². The Kier molecular flexibility index (Phi) is 4.76. The number of rotatable bonds is 1. The summed E-state index contributed by atoms with van der Waals surface area (Å²) in [6, 6.07) is 4.21. The second-order valence-corrected chi connectivity index (χ2v) is 4.89. The van der Waals surface area contributed by atoms with Gasteiger partial charge >= 0.3 is 6.09 Å². The van der Waals surface area contributed by atoms with Gasteiger partial charge in [0, 0.05) is 5.56 Å². The molecule has 102 valence electrons. The first-order chi connectivity index (χ1) is 8.78. The third-order valence-corrected chi connectivity index (χ3v) is 1.95. The second kappa shape index (κ2) is 6.10. The van der Waals surface area contributed by atoms with E-state index in [1.165, 1.54) is 18.2 Å². The van der Waals surface area contributed by atoms with Gasteiger partial charge in [-0.1, -0.05) is 11.8 Å². The summed E-state index contributed by atoms with van der Waals surface area (Å²) in [6.45, 7) is 5.48. The molecule has 4 nitrogen and oxygen atoms in total. The number of ether oxygens (including phenoxy) is 1. The summed E-state index contributed by atoms with van der Waals surface area (Å²) in [5, 5.41) is 2.50. The molecule has 1 aromatic rings. The van der Waals surface area contributed by atoms with Crippen LogP contribution in [0, 0.1) is 17.7 Å². The van der Waals surface area contributed by atoms with Gasteiger partial charge in [-0.25, -0.2) is 9.18 Å². The Hall–Kier alpha value is -2.22. The number of halogens is 1. The first kappa shape index (κ1) is 14.8. The molecule has 0 aromatic heterocycles. The van der Waals surface area contributed by atoms with Crippen LogP contribution in [0.15, 0.2) is 18.2 Å². The third kappa shape index (κ3) is 5.77. The van der Waals surface area contributed by atoms with Gasteiger partial charge in [0.1, 0.15) is 11.4 Å². The SMILES string of the molecule is CC(C)(C)OC(=O)NCC#Cc1ccc(F)c(N)c1. The highest BCUT2D eigenvalue weighted by Gasteiger charge is 2.14. The third-order valence-electron chi connectivity index (χ3n) is 1.95. The molecule has 0 saturated heterocycles. The molecule has 5 heteroatoms. The number of hydrogen-bond donors (Lipinski definition) is 2. The lowest BCUT2D eigenvalue weighted by atomic mass is 10.2. The van der Waals surface area contributed by atoms with Crippen molar-refractivity contribution in [3.05, 3.63) is 29.6 Å². The Bertz CT molecular complexity index is 524. The van der Waals surface area contributed by atoms with E-state index in [-0.39, 0.29) is 12.2 Å². The Morgan fingerprint density at radius 3 is 2.74 bits per heavy atom. The van der Waals surface area contributed by atoms with Gasteiger partial charge in [0.15, 0.2) is 0 Å². The molecule has 0 aliphatic heterocycles. The Morgan fingerprint density at radius 1 is 1.47 bits per heavy atom. The minimum atomic E-state index is -0.539. The van der Waals surface area contributed by atoms with Crippen LogP contribution in [-0.2, 0) is 4.74 Å². The fourth-order valence-corrected chi connectivity index (χ4v) is 1.20. The number of benzene rings is 1. The fraction of sp³-hybridized carbons (Fsp3) is 0.357. The van der Waals surface area contributed by atoms with Gasteiger partial charge < -0.3 is 15.8 Å². The number of carbonyl (C=O) groups is 1. The van der Waals surface area contributed by atoms with Gasteiger partial charge in [0.05, 0.1) is 12.2 Å². The second-order valence-electron chi connectivity index (χ2n) is 4.89. The largest absolute Gasteiger partial charge is 0.444 e. The van der Waals surface area contributed by atoms with E-state index in [4.69, 9.17) is 10.5 Å². The molecule has 0 aliphatic rings. The zero-order chi connectivity index (χ0) is 14.5. The monoisotopic (exact) mass is 264 g/mol. The standard InChI is InChI=1S/C14H17FN2O2/c1-14(2,3)19-13(18)17-8-4-5-10-6-7-11(15)12(16)9-10/h6-7,9H,8,16H2,1-3H3,(H,17,18). The van der Waals surface area contributed by atoms with Crippen molar-refractivity contribution in [3.8, 4) is 11.8 Å². The summed E-state index contributed by atoms with van der Waals surface area (Å²) in [5.74, 6) is 5.01. The predicted octanol–water partition coefficient (Wildman–Crippen LogP) is 2.28. The Morgan fingerprint density at radius 2 is 2.16 bits per heavy atom. The summed E-state index contributed by atoms with van der Waals surface area (Å²) in [4.78, 5) is 11.3. The smallest absolute Gasteiger partial charge is 0.408 e. The van der Waals surface area contributed by atoms with Crippen LogP contribution in [0.2, 0.25) is 0 Å². The lowest BCUT2D eigenvalue weighted by Gasteiger charge is -2.18. The van der Waals surface area contributed by atoms with Crippen LogP contribution in [0.5, 0.6) is 0 Å². The van der Waals surface area contributed by atoms with E-state index in [9.17, 15) is 9.18 Å². The summed E-state index contributed by atoms with van der Waals surface area (Å²) in [7, 11) is 0. The molecule has 0 radical (unpaired) electrons. The Labute approximate surface area is 112 Å². The minimum Gasteiger partial charge on any atom is -0.444 e. The summed E-state index contributed by atoms with van der Waals surface area (Å²) < 4.78 is 17.9. The lowest BCUT2D eigenvalue weighted by Crippen LogP contribution is -2.32. The van der Waals surface area contributed by atoms with Crippen LogP contribution in [0.3, 0.4) is 0 Å². The first-order valence-corrected chi connectivity index (χ1v) is 5.79. The van der Waals surface area contributed by atoms with Gasteiger partial charge in [-0.3, -0.25) is 0 Å². The predicted molar refractivity (Wildman–Crippen MR) is 71.9 cm³/mol. The molecule has 3 N–H and O–H groups in total. The molecule has 0 saturated carbocycles. The van der Waals surface area contributed by atoms with Crippen molar-refractivity contribution in [1.29, 1.82) is 0 Å². The molecule has 0 atom stereocenters. The highest BCUT2D eigenvalue weighted by molar-refractivity contribution is 5.68. The molecule has 0 bridgehead atoms. The molecule has 1 rings (SSSR count). The number of alkyl carbamates (subject to hydrolysis) is 1.